The first kappa shape index (κ1) is 25.6. The number of carbonyl (C=O) groups excluding carboxylic acids is 2. The van der Waals surface area contributed by atoms with Gasteiger partial charge in [0.15, 0.2) is 5.69 Å². The molecule has 1 N–H and O–H groups in total. The van der Waals surface area contributed by atoms with Gasteiger partial charge in [-0.1, -0.05) is 6.07 Å². The fraction of sp³-hybridized carbons (Fsp3) is 0.455. The summed E-state index contributed by atoms with van der Waals surface area (Å²) < 4.78 is 65.8. The van der Waals surface area contributed by atoms with E-state index in [4.69, 9.17) is 5.26 Å². The SMILES string of the molecule is N#CC1CN(S(=O)(=O)c2cccc(C(=O)N3CCC[C@@H]3C(=O)NCCn3ccc(C(F)(F)F)n3)c2)C1. The fourth-order valence-corrected chi connectivity index (χ4v) is 5.73. The summed E-state index contributed by atoms with van der Waals surface area (Å²) in [6.07, 6.45) is -2.41. The van der Waals surface area contributed by atoms with Crippen LogP contribution in [0, 0.1) is 17.2 Å². The minimum Gasteiger partial charge on any atom is -0.352 e. The van der Waals surface area contributed by atoms with E-state index in [-0.39, 0.29) is 42.6 Å². The molecule has 1 atom stereocenters. The van der Waals surface area contributed by atoms with Gasteiger partial charge in [-0.3, -0.25) is 14.3 Å². The Morgan fingerprint density at radius 2 is 1.97 bits per heavy atom. The molecule has 36 heavy (non-hydrogen) atoms. The number of aromatic nitrogens is 2. The molecular weight excluding hydrogens is 501 g/mol. The molecule has 1 aromatic carbocycles. The van der Waals surface area contributed by atoms with Crippen LogP contribution in [-0.4, -0.2) is 71.4 Å². The van der Waals surface area contributed by atoms with Crippen LogP contribution in [0.15, 0.2) is 41.4 Å². The summed E-state index contributed by atoms with van der Waals surface area (Å²) in [5.41, 5.74) is -0.908. The number of halogens is 3. The smallest absolute Gasteiger partial charge is 0.352 e. The summed E-state index contributed by atoms with van der Waals surface area (Å²) in [5.74, 6) is -1.30. The van der Waals surface area contributed by atoms with E-state index in [2.05, 4.69) is 10.4 Å². The maximum Gasteiger partial charge on any atom is 0.435 e. The normalized spacial score (nSPS) is 19.1. The average Bonchev–Trinajstić information content (AvgIpc) is 3.48. The van der Waals surface area contributed by atoms with Crippen LogP contribution in [-0.2, 0) is 27.5 Å². The van der Waals surface area contributed by atoms with Crippen LogP contribution >= 0.6 is 0 Å². The topological polar surface area (TPSA) is 128 Å². The van der Waals surface area contributed by atoms with Crippen LogP contribution in [0.5, 0.6) is 0 Å². The molecule has 2 aromatic rings. The number of hydrogen-bond donors (Lipinski definition) is 1. The lowest BCUT2D eigenvalue weighted by molar-refractivity contribution is -0.141. The van der Waals surface area contributed by atoms with Crippen LogP contribution in [0.2, 0.25) is 0 Å². The molecule has 10 nitrogen and oxygen atoms in total. The Morgan fingerprint density at radius 1 is 1.22 bits per heavy atom. The quantitative estimate of drug-likeness (QED) is 0.584. The second-order valence-electron chi connectivity index (χ2n) is 8.59. The molecule has 2 fully saturated rings. The first-order chi connectivity index (χ1) is 17.0. The Balaban J connectivity index is 1.38. The highest BCUT2D eigenvalue weighted by Gasteiger charge is 2.38. The third-order valence-electron chi connectivity index (χ3n) is 6.14. The first-order valence-electron chi connectivity index (χ1n) is 11.2. The van der Waals surface area contributed by atoms with Crippen molar-refractivity contribution in [1.82, 2.24) is 24.3 Å². The molecule has 0 spiro atoms. The monoisotopic (exact) mass is 524 g/mol. The van der Waals surface area contributed by atoms with Gasteiger partial charge < -0.3 is 10.2 Å². The lowest BCUT2D eigenvalue weighted by Gasteiger charge is -2.34. The first-order valence-corrected chi connectivity index (χ1v) is 12.6. The van der Waals surface area contributed by atoms with Gasteiger partial charge in [-0.15, -0.1) is 0 Å². The number of nitriles is 1. The average molecular weight is 525 g/mol. The zero-order valence-electron chi connectivity index (χ0n) is 19.0. The van der Waals surface area contributed by atoms with Crippen molar-refractivity contribution in [2.45, 2.75) is 36.5 Å². The Hall–Kier alpha value is -3.44. The summed E-state index contributed by atoms with van der Waals surface area (Å²) in [6.45, 7) is 0.538. The minimum absolute atomic E-state index is 0.0175. The highest BCUT2D eigenvalue weighted by atomic mass is 32.2. The third kappa shape index (κ3) is 5.21. The second-order valence-corrected chi connectivity index (χ2v) is 10.5. The standard InChI is InChI=1S/C22H23F3N6O4S/c23-22(24,25)19-6-9-29(28-19)10-7-27-20(32)18-5-2-8-31(18)21(33)16-3-1-4-17(11-16)36(34,35)30-13-15(12-26)14-30/h1,3-4,6,9,11,15,18H,2,5,7-8,10,13-14H2,(H,27,32)/t18-/m1/s1. The molecule has 2 saturated heterocycles. The van der Waals surface area contributed by atoms with Gasteiger partial charge in [0.05, 0.1) is 23.4 Å². The number of rotatable bonds is 7. The van der Waals surface area contributed by atoms with Gasteiger partial charge in [0.1, 0.15) is 6.04 Å². The van der Waals surface area contributed by atoms with Gasteiger partial charge >= 0.3 is 6.18 Å². The van der Waals surface area contributed by atoms with E-state index in [9.17, 15) is 31.2 Å². The highest BCUT2D eigenvalue weighted by molar-refractivity contribution is 7.89. The number of sulfonamides is 1. The molecule has 2 amide bonds. The van der Waals surface area contributed by atoms with E-state index < -0.39 is 39.7 Å². The predicted molar refractivity (Wildman–Crippen MR) is 119 cm³/mol. The van der Waals surface area contributed by atoms with Gasteiger partial charge in [-0.05, 0) is 37.1 Å². The van der Waals surface area contributed by atoms with E-state index in [1.165, 1.54) is 39.7 Å². The Morgan fingerprint density at radius 3 is 2.64 bits per heavy atom. The van der Waals surface area contributed by atoms with Crippen LogP contribution in [0.1, 0.15) is 28.9 Å². The van der Waals surface area contributed by atoms with Crippen molar-refractivity contribution >= 4 is 21.8 Å². The van der Waals surface area contributed by atoms with Crippen molar-refractivity contribution < 1.29 is 31.2 Å². The van der Waals surface area contributed by atoms with Crippen LogP contribution in [0.4, 0.5) is 13.2 Å². The Bertz CT molecular complexity index is 1300. The van der Waals surface area contributed by atoms with Gasteiger partial charge in [-0.2, -0.15) is 27.8 Å². The third-order valence-corrected chi connectivity index (χ3v) is 7.96. The molecule has 192 valence electrons. The predicted octanol–water partition coefficient (Wildman–Crippen LogP) is 1.47. The summed E-state index contributed by atoms with van der Waals surface area (Å²) >= 11 is 0. The van der Waals surface area contributed by atoms with E-state index in [1.54, 1.807) is 0 Å². The summed E-state index contributed by atoms with van der Waals surface area (Å²) in [5, 5.41) is 14.9. The van der Waals surface area contributed by atoms with Crippen molar-refractivity contribution in [3.8, 4) is 6.07 Å². The van der Waals surface area contributed by atoms with Crippen LogP contribution < -0.4 is 5.32 Å². The molecule has 0 saturated carbocycles. The molecule has 1 aromatic heterocycles. The van der Waals surface area contributed by atoms with Gasteiger partial charge in [-0.25, -0.2) is 8.42 Å². The molecule has 3 heterocycles. The maximum atomic E-state index is 13.2. The fourth-order valence-electron chi connectivity index (χ4n) is 4.15. The number of benzene rings is 1. The zero-order valence-corrected chi connectivity index (χ0v) is 19.8. The summed E-state index contributed by atoms with van der Waals surface area (Å²) in [4.78, 5) is 27.2. The number of carbonyl (C=O) groups is 2. The Kier molecular flexibility index (Phi) is 7.05. The van der Waals surface area contributed by atoms with E-state index in [0.29, 0.717) is 19.4 Å². The number of alkyl halides is 3. The minimum atomic E-state index is -4.55. The maximum absolute atomic E-state index is 13.2. The van der Waals surface area contributed by atoms with Crippen molar-refractivity contribution in [3.05, 3.63) is 47.8 Å². The molecule has 2 aliphatic heterocycles. The van der Waals surface area contributed by atoms with Gasteiger partial charge in [0.2, 0.25) is 15.9 Å². The van der Waals surface area contributed by atoms with E-state index in [0.717, 1.165) is 10.7 Å². The van der Waals surface area contributed by atoms with Crippen molar-refractivity contribution in [2.24, 2.45) is 5.92 Å². The number of nitrogens with zero attached hydrogens (tertiary/aromatic N) is 5. The lowest BCUT2D eigenvalue weighted by atomic mass is 10.1. The number of nitrogens with one attached hydrogen (secondary N) is 1. The molecular formula is C22H23F3N6O4S. The molecule has 0 bridgehead atoms. The van der Waals surface area contributed by atoms with Crippen molar-refractivity contribution in [2.75, 3.05) is 26.2 Å². The van der Waals surface area contributed by atoms with E-state index >= 15 is 0 Å². The lowest BCUT2D eigenvalue weighted by Crippen LogP contribution is -2.49. The van der Waals surface area contributed by atoms with Gasteiger partial charge in [0, 0.05) is 37.9 Å². The zero-order chi connectivity index (χ0) is 26.1. The van der Waals surface area contributed by atoms with Crippen LogP contribution in [0.25, 0.3) is 0 Å². The highest BCUT2D eigenvalue weighted by Crippen LogP contribution is 2.28. The number of likely N-dealkylation sites (tertiary alicyclic amines) is 1. The molecule has 2 aliphatic rings. The Labute approximate surface area is 205 Å². The molecule has 0 aliphatic carbocycles. The second kappa shape index (κ2) is 9.90. The number of amides is 2. The largest absolute Gasteiger partial charge is 0.435 e. The molecule has 0 radical (unpaired) electrons. The summed E-state index contributed by atoms with van der Waals surface area (Å²) in [6, 6.07) is 7.63. The van der Waals surface area contributed by atoms with E-state index in [1.807, 2.05) is 6.07 Å². The van der Waals surface area contributed by atoms with Crippen LogP contribution in [0.3, 0.4) is 0 Å². The summed E-state index contributed by atoms with van der Waals surface area (Å²) in [7, 11) is -3.85. The molecule has 0 unspecified atom stereocenters. The van der Waals surface area contributed by atoms with Crippen molar-refractivity contribution in [3.63, 3.8) is 0 Å². The molecule has 14 heteroatoms. The van der Waals surface area contributed by atoms with Crippen molar-refractivity contribution in [1.29, 1.82) is 5.26 Å². The number of hydrogen-bond acceptors (Lipinski definition) is 6. The van der Waals surface area contributed by atoms with Gasteiger partial charge in [0.25, 0.3) is 5.91 Å². The molecule has 4 rings (SSSR count).